The van der Waals surface area contributed by atoms with Crippen molar-refractivity contribution in [2.45, 2.75) is 18.0 Å². The number of rotatable bonds is 4. The quantitative estimate of drug-likeness (QED) is 0.754. The molecule has 2 aromatic rings. The Morgan fingerprint density at radius 3 is 2.23 bits per heavy atom. The maximum absolute atomic E-state index is 12.8. The van der Waals surface area contributed by atoms with Crippen LogP contribution in [0.4, 0.5) is 24.7 Å². The number of hydrogen-bond acceptors (Lipinski definition) is 5. The molecule has 0 bridgehead atoms. The Morgan fingerprint density at radius 2 is 1.73 bits per heavy atom. The van der Waals surface area contributed by atoms with E-state index < -0.39 is 21.8 Å². The van der Waals surface area contributed by atoms with Crippen molar-refractivity contribution in [3.05, 3.63) is 47.1 Å². The summed E-state index contributed by atoms with van der Waals surface area (Å²) in [5.74, 6) is -0.0846. The van der Waals surface area contributed by atoms with Gasteiger partial charge < -0.3 is 10.2 Å². The Kier molecular flexibility index (Phi) is 6.25. The number of pyridine rings is 1. The number of alkyl halides is 3. The number of piperazine rings is 1. The summed E-state index contributed by atoms with van der Waals surface area (Å²) < 4.78 is 65.3. The average molecular weight is 463 g/mol. The van der Waals surface area contributed by atoms with Crippen LogP contribution in [0.3, 0.4) is 0 Å². The number of nitrogens with zero attached hydrogens (tertiary/aromatic N) is 3. The van der Waals surface area contributed by atoms with E-state index >= 15 is 0 Å². The number of hydrogen-bond donors (Lipinski definition) is 1. The number of nitrogens with one attached hydrogen (secondary N) is 1. The van der Waals surface area contributed by atoms with Crippen LogP contribution in [0.1, 0.15) is 12.5 Å². The molecule has 1 fully saturated rings. The molecule has 1 amide bonds. The number of halogens is 4. The first-order chi connectivity index (χ1) is 14.0. The number of carbonyl (C=O) groups is 1. The molecule has 0 aliphatic carbocycles. The maximum atomic E-state index is 12.8. The highest BCUT2D eigenvalue weighted by molar-refractivity contribution is 7.89. The highest BCUT2D eigenvalue weighted by atomic mass is 35.5. The second-order valence-corrected chi connectivity index (χ2v) is 8.97. The summed E-state index contributed by atoms with van der Waals surface area (Å²) in [6.45, 7) is 2.04. The molecule has 1 aliphatic heterocycles. The molecule has 12 heteroatoms. The van der Waals surface area contributed by atoms with Gasteiger partial charge in [-0.25, -0.2) is 13.4 Å². The minimum Gasteiger partial charge on any atom is -0.353 e. The van der Waals surface area contributed by atoms with Gasteiger partial charge in [0.2, 0.25) is 15.9 Å². The standard InChI is InChI=1S/C18H18ClF3N4O3S/c1-12(27)24-14-2-4-15(5-3-14)30(28,29)26-8-6-25(7-9-26)17-16(19)10-13(11-23-17)18(20,21)22/h2-5,10-11H,6-9H2,1H3,(H,24,27). The van der Waals surface area contributed by atoms with Gasteiger partial charge in [-0.05, 0) is 30.3 Å². The SMILES string of the molecule is CC(=O)Nc1ccc(S(=O)(=O)N2CCN(c3ncc(C(F)(F)F)cc3Cl)CC2)cc1. The number of amides is 1. The van der Waals surface area contributed by atoms with Crippen LogP contribution < -0.4 is 10.2 Å². The van der Waals surface area contributed by atoms with Gasteiger partial charge in [0.05, 0.1) is 15.5 Å². The van der Waals surface area contributed by atoms with Crippen molar-refractivity contribution in [2.75, 3.05) is 36.4 Å². The van der Waals surface area contributed by atoms with Crippen LogP contribution >= 0.6 is 11.6 Å². The van der Waals surface area contributed by atoms with Gasteiger partial charge in [-0.15, -0.1) is 0 Å². The molecule has 0 radical (unpaired) electrons. The first-order valence-corrected chi connectivity index (χ1v) is 10.7. The predicted octanol–water partition coefficient (Wildman–Crippen LogP) is 3.22. The van der Waals surface area contributed by atoms with Gasteiger partial charge in [0.1, 0.15) is 5.82 Å². The van der Waals surface area contributed by atoms with E-state index in [1.165, 1.54) is 35.5 Å². The maximum Gasteiger partial charge on any atom is 0.417 e. The minimum atomic E-state index is -4.54. The molecule has 0 atom stereocenters. The summed E-state index contributed by atoms with van der Waals surface area (Å²) in [6, 6.07) is 6.61. The van der Waals surface area contributed by atoms with Crippen molar-refractivity contribution in [1.82, 2.24) is 9.29 Å². The zero-order valence-electron chi connectivity index (χ0n) is 15.8. The molecule has 1 aliphatic rings. The first-order valence-electron chi connectivity index (χ1n) is 8.84. The van der Waals surface area contributed by atoms with Crippen LogP contribution in [0, 0.1) is 0 Å². The fourth-order valence-corrected chi connectivity index (χ4v) is 4.73. The van der Waals surface area contributed by atoms with Crippen LogP contribution in [0.15, 0.2) is 41.4 Å². The number of carbonyl (C=O) groups excluding carboxylic acids is 1. The summed E-state index contributed by atoms with van der Waals surface area (Å²) in [4.78, 5) is 16.6. The number of benzene rings is 1. The third kappa shape index (κ3) is 4.85. The van der Waals surface area contributed by atoms with Crippen LogP contribution in [-0.4, -0.2) is 49.8 Å². The second kappa shape index (κ2) is 8.40. The average Bonchev–Trinajstić information content (AvgIpc) is 2.67. The highest BCUT2D eigenvalue weighted by Crippen LogP contribution is 2.34. The largest absolute Gasteiger partial charge is 0.417 e. The normalized spacial score (nSPS) is 15.8. The Morgan fingerprint density at radius 1 is 1.13 bits per heavy atom. The van der Waals surface area contributed by atoms with E-state index in [-0.39, 0.29) is 47.8 Å². The molecule has 3 rings (SSSR count). The third-order valence-electron chi connectivity index (χ3n) is 4.50. The number of aromatic nitrogens is 1. The second-order valence-electron chi connectivity index (χ2n) is 6.62. The molecule has 1 aromatic carbocycles. The molecule has 0 saturated carbocycles. The number of sulfonamides is 1. The summed E-state index contributed by atoms with van der Waals surface area (Å²) >= 11 is 5.98. The lowest BCUT2D eigenvalue weighted by molar-refractivity contribution is -0.137. The lowest BCUT2D eigenvalue weighted by Crippen LogP contribution is -2.49. The van der Waals surface area contributed by atoms with Crippen LogP contribution in [0.25, 0.3) is 0 Å². The van der Waals surface area contributed by atoms with E-state index in [0.717, 1.165) is 6.07 Å². The Bertz CT molecular complexity index is 1040. The lowest BCUT2D eigenvalue weighted by atomic mass is 10.2. The van der Waals surface area contributed by atoms with E-state index in [1.54, 1.807) is 4.90 Å². The van der Waals surface area contributed by atoms with Gasteiger partial charge in [0.15, 0.2) is 0 Å². The zero-order chi connectivity index (χ0) is 22.1. The monoisotopic (exact) mass is 462 g/mol. The molecule has 162 valence electrons. The topological polar surface area (TPSA) is 82.6 Å². The highest BCUT2D eigenvalue weighted by Gasteiger charge is 2.33. The zero-order valence-corrected chi connectivity index (χ0v) is 17.4. The van der Waals surface area contributed by atoms with Gasteiger partial charge in [0, 0.05) is 45.0 Å². The number of anilines is 2. The lowest BCUT2D eigenvalue weighted by Gasteiger charge is -2.35. The van der Waals surface area contributed by atoms with E-state index in [2.05, 4.69) is 10.3 Å². The van der Waals surface area contributed by atoms with Gasteiger partial charge in [-0.1, -0.05) is 11.6 Å². The van der Waals surface area contributed by atoms with Crippen molar-refractivity contribution in [3.63, 3.8) is 0 Å². The summed E-state index contributed by atoms with van der Waals surface area (Å²) in [5, 5.41) is 2.42. The molecule has 0 spiro atoms. The molecule has 30 heavy (non-hydrogen) atoms. The van der Waals surface area contributed by atoms with Crippen molar-refractivity contribution in [1.29, 1.82) is 0 Å². The van der Waals surface area contributed by atoms with Crippen molar-refractivity contribution >= 4 is 39.0 Å². The first kappa shape index (κ1) is 22.3. The summed E-state index contributed by atoms with van der Waals surface area (Å²) in [7, 11) is -3.76. The molecule has 1 saturated heterocycles. The van der Waals surface area contributed by atoms with Crippen molar-refractivity contribution in [3.8, 4) is 0 Å². The van der Waals surface area contributed by atoms with Crippen LogP contribution in [0.5, 0.6) is 0 Å². The summed E-state index contributed by atoms with van der Waals surface area (Å²) in [5.41, 5.74) is -0.463. The molecule has 1 N–H and O–H groups in total. The predicted molar refractivity (Wildman–Crippen MR) is 106 cm³/mol. The Hall–Kier alpha value is -2.37. The van der Waals surface area contributed by atoms with E-state index in [0.29, 0.717) is 11.9 Å². The van der Waals surface area contributed by atoms with Crippen molar-refractivity contribution in [2.24, 2.45) is 0 Å². The van der Waals surface area contributed by atoms with Gasteiger partial charge in [0.25, 0.3) is 0 Å². The Labute approximate surface area is 176 Å². The third-order valence-corrected chi connectivity index (χ3v) is 6.69. The van der Waals surface area contributed by atoms with Crippen LogP contribution in [-0.2, 0) is 21.0 Å². The molecule has 0 unspecified atom stereocenters. The van der Waals surface area contributed by atoms with E-state index in [1.807, 2.05) is 0 Å². The van der Waals surface area contributed by atoms with Gasteiger partial charge in [-0.2, -0.15) is 17.5 Å². The smallest absolute Gasteiger partial charge is 0.353 e. The molecule has 1 aromatic heterocycles. The van der Waals surface area contributed by atoms with E-state index in [4.69, 9.17) is 11.6 Å². The molecular weight excluding hydrogens is 445 g/mol. The molecule has 2 heterocycles. The van der Waals surface area contributed by atoms with Crippen LogP contribution in [0.2, 0.25) is 5.02 Å². The fraction of sp³-hybridized carbons (Fsp3) is 0.333. The van der Waals surface area contributed by atoms with Crippen molar-refractivity contribution < 1.29 is 26.4 Å². The molecular formula is C18H18ClF3N4O3S. The van der Waals surface area contributed by atoms with Gasteiger partial charge in [-0.3, -0.25) is 4.79 Å². The van der Waals surface area contributed by atoms with Gasteiger partial charge >= 0.3 is 6.18 Å². The fourth-order valence-electron chi connectivity index (χ4n) is 3.02. The Balaban J connectivity index is 1.69. The summed E-state index contributed by atoms with van der Waals surface area (Å²) in [6.07, 6.45) is -3.83. The minimum absolute atomic E-state index is 0.0794. The molecule has 7 nitrogen and oxygen atoms in total. The van der Waals surface area contributed by atoms with E-state index in [9.17, 15) is 26.4 Å².